The average molecular weight is 315 g/mol. The van der Waals surface area contributed by atoms with Gasteiger partial charge in [-0.05, 0) is 12.1 Å². The average Bonchev–Trinajstić information content (AvgIpc) is 2.48. The SMILES string of the molecule is CNc1c(F)cc(C(=O)NCCN2CCSCC2)cc1F. The molecule has 0 atom stereocenters. The Morgan fingerprint density at radius 2 is 1.90 bits per heavy atom. The van der Waals surface area contributed by atoms with Gasteiger partial charge in [-0.15, -0.1) is 0 Å². The number of hydrogen-bond donors (Lipinski definition) is 2. The Labute approximate surface area is 127 Å². The Hall–Kier alpha value is -1.34. The molecular weight excluding hydrogens is 296 g/mol. The van der Waals surface area contributed by atoms with Crippen LogP contribution in [-0.4, -0.2) is 55.5 Å². The number of nitrogens with one attached hydrogen (secondary N) is 2. The Kier molecular flexibility index (Phi) is 5.81. The van der Waals surface area contributed by atoms with E-state index in [1.165, 1.54) is 7.05 Å². The van der Waals surface area contributed by atoms with E-state index in [-0.39, 0.29) is 11.3 Å². The molecule has 1 aromatic carbocycles. The minimum atomic E-state index is -0.768. The van der Waals surface area contributed by atoms with E-state index < -0.39 is 17.5 Å². The normalized spacial score (nSPS) is 15.8. The first kappa shape index (κ1) is 16.0. The molecule has 1 aromatic rings. The molecule has 116 valence electrons. The number of nitrogens with zero attached hydrogens (tertiary/aromatic N) is 1. The van der Waals surface area contributed by atoms with Gasteiger partial charge in [0.2, 0.25) is 0 Å². The maximum absolute atomic E-state index is 13.6. The highest BCUT2D eigenvalue weighted by atomic mass is 32.2. The second-order valence-corrected chi connectivity index (χ2v) is 6.00. The van der Waals surface area contributed by atoms with Crippen LogP contribution in [0.4, 0.5) is 14.5 Å². The van der Waals surface area contributed by atoms with Gasteiger partial charge in [-0.25, -0.2) is 8.78 Å². The third-order valence-electron chi connectivity index (χ3n) is 3.37. The number of thioether (sulfide) groups is 1. The van der Waals surface area contributed by atoms with Crippen LogP contribution in [0.3, 0.4) is 0 Å². The molecule has 0 aliphatic carbocycles. The molecule has 4 nitrogen and oxygen atoms in total. The molecule has 2 N–H and O–H groups in total. The van der Waals surface area contributed by atoms with E-state index in [0.29, 0.717) is 6.54 Å². The van der Waals surface area contributed by atoms with Crippen molar-refractivity contribution in [2.75, 3.05) is 50.0 Å². The zero-order valence-electron chi connectivity index (χ0n) is 11.9. The zero-order valence-corrected chi connectivity index (χ0v) is 12.7. The Balaban J connectivity index is 1.88. The van der Waals surface area contributed by atoms with Crippen LogP contribution in [-0.2, 0) is 0 Å². The number of halogens is 2. The highest BCUT2D eigenvalue weighted by molar-refractivity contribution is 7.99. The molecule has 0 saturated carbocycles. The maximum atomic E-state index is 13.6. The highest BCUT2D eigenvalue weighted by Crippen LogP contribution is 2.20. The summed E-state index contributed by atoms with van der Waals surface area (Å²) in [5.41, 5.74) is -0.226. The lowest BCUT2D eigenvalue weighted by atomic mass is 10.1. The second-order valence-electron chi connectivity index (χ2n) is 4.77. The third-order valence-corrected chi connectivity index (χ3v) is 4.31. The fourth-order valence-corrected chi connectivity index (χ4v) is 3.18. The fraction of sp³-hybridized carbons (Fsp3) is 0.500. The van der Waals surface area contributed by atoms with Crippen molar-refractivity contribution in [3.63, 3.8) is 0 Å². The molecule has 1 fully saturated rings. The number of carbonyl (C=O) groups is 1. The Morgan fingerprint density at radius 1 is 1.29 bits per heavy atom. The van der Waals surface area contributed by atoms with Gasteiger partial charge in [0.1, 0.15) is 17.3 Å². The summed E-state index contributed by atoms with van der Waals surface area (Å²) >= 11 is 1.92. The van der Waals surface area contributed by atoms with Crippen LogP contribution in [0.25, 0.3) is 0 Å². The van der Waals surface area contributed by atoms with E-state index in [0.717, 1.165) is 43.3 Å². The molecule has 1 saturated heterocycles. The molecular formula is C14H19F2N3OS. The molecule has 1 heterocycles. The Morgan fingerprint density at radius 3 is 2.48 bits per heavy atom. The predicted octanol–water partition coefficient (Wildman–Crippen LogP) is 1.79. The summed E-state index contributed by atoms with van der Waals surface area (Å²) in [5.74, 6) is 0.222. The maximum Gasteiger partial charge on any atom is 0.251 e. The van der Waals surface area contributed by atoms with E-state index in [9.17, 15) is 13.6 Å². The van der Waals surface area contributed by atoms with Gasteiger partial charge in [0, 0.05) is 50.3 Å². The van der Waals surface area contributed by atoms with Crippen LogP contribution in [0.1, 0.15) is 10.4 Å². The summed E-state index contributed by atoms with van der Waals surface area (Å²) in [6.45, 7) is 3.26. The smallest absolute Gasteiger partial charge is 0.251 e. The lowest BCUT2D eigenvalue weighted by molar-refractivity contribution is 0.0948. The van der Waals surface area contributed by atoms with Crippen LogP contribution in [0.15, 0.2) is 12.1 Å². The first-order valence-electron chi connectivity index (χ1n) is 6.87. The minimum Gasteiger partial charge on any atom is -0.383 e. The number of benzene rings is 1. The summed E-state index contributed by atoms with van der Waals surface area (Å²) in [7, 11) is 1.43. The van der Waals surface area contributed by atoms with Gasteiger partial charge in [0.25, 0.3) is 5.91 Å². The molecule has 1 amide bonds. The van der Waals surface area contributed by atoms with Crippen LogP contribution in [0.2, 0.25) is 0 Å². The van der Waals surface area contributed by atoms with Crippen LogP contribution in [0, 0.1) is 11.6 Å². The summed E-state index contributed by atoms with van der Waals surface area (Å²) in [4.78, 5) is 14.2. The highest BCUT2D eigenvalue weighted by Gasteiger charge is 2.15. The number of rotatable bonds is 5. The van der Waals surface area contributed by atoms with Crippen molar-refractivity contribution in [2.45, 2.75) is 0 Å². The van der Waals surface area contributed by atoms with Gasteiger partial charge >= 0.3 is 0 Å². The van der Waals surface area contributed by atoms with Gasteiger partial charge in [0.05, 0.1) is 0 Å². The summed E-state index contributed by atoms with van der Waals surface area (Å²) in [6, 6.07) is 2.09. The minimum absolute atomic E-state index is 0.00167. The molecule has 2 rings (SSSR count). The molecule has 21 heavy (non-hydrogen) atoms. The standard InChI is InChI=1S/C14H19F2N3OS/c1-17-13-11(15)8-10(9-12(13)16)14(20)18-2-3-19-4-6-21-7-5-19/h8-9,17H,2-7H2,1H3,(H,18,20). The summed E-state index contributed by atoms with van der Waals surface area (Å²) < 4.78 is 27.2. The van der Waals surface area contributed by atoms with Crippen molar-refractivity contribution >= 4 is 23.4 Å². The molecule has 0 unspecified atom stereocenters. The molecule has 0 bridgehead atoms. The number of carbonyl (C=O) groups excluding carboxylic acids is 1. The van der Waals surface area contributed by atoms with E-state index >= 15 is 0 Å². The quantitative estimate of drug-likeness (QED) is 0.869. The van der Waals surface area contributed by atoms with Crippen LogP contribution < -0.4 is 10.6 Å². The van der Waals surface area contributed by atoms with Crippen molar-refractivity contribution in [1.29, 1.82) is 0 Å². The van der Waals surface area contributed by atoms with Crippen molar-refractivity contribution in [2.24, 2.45) is 0 Å². The first-order valence-corrected chi connectivity index (χ1v) is 8.02. The van der Waals surface area contributed by atoms with Gasteiger partial charge in [0.15, 0.2) is 0 Å². The van der Waals surface area contributed by atoms with E-state index in [2.05, 4.69) is 15.5 Å². The van der Waals surface area contributed by atoms with E-state index in [4.69, 9.17) is 0 Å². The topological polar surface area (TPSA) is 44.4 Å². The number of anilines is 1. The van der Waals surface area contributed by atoms with Gasteiger partial charge in [-0.2, -0.15) is 11.8 Å². The van der Waals surface area contributed by atoms with Crippen molar-refractivity contribution in [3.8, 4) is 0 Å². The Bertz CT molecular complexity index is 484. The molecule has 1 aliphatic rings. The molecule has 0 aromatic heterocycles. The lowest BCUT2D eigenvalue weighted by Crippen LogP contribution is -2.39. The lowest BCUT2D eigenvalue weighted by Gasteiger charge is -2.26. The van der Waals surface area contributed by atoms with E-state index in [1.54, 1.807) is 0 Å². The number of hydrogen-bond acceptors (Lipinski definition) is 4. The molecule has 0 radical (unpaired) electrons. The molecule has 1 aliphatic heterocycles. The van der Waals surface area contributed by atoms with Crippen molar-refractivity contribution in [1.82, 2.24) is 10.2 Å². The van der Waals surface area contributed by atoms with Crippen molar-refractivity contribution in [3.05, 3.63) is 29.3 Å². The fourth-order valence-electron chi connectivity index (χ4n) is 2.20. The summed E-state index contributed by atoms with van der Waals surface area (Å²) in [6.07, 6.45) is 0. The molecule has 7 heteroatoms. The summed E-state index contributed by atoms with van der Waals surface area (Å²) in [5, 5.41) is 5.12. The van der Waals surface area contributed by atoms with Crippen LogP contribution >= 0.6 is 11.8 Å². The van der Waals surface area contributed by atoms with E-state index in [1.807, 2.05) is 11.8 Å². The van der Waals surface area contributed by atoms with Gasteiger partial charge < -0.3 is 10.6 Å². The van der Waals surface area contributed by atoms with Gasteiger partial charge in [-0.1, -0.05) is 0 Å². The predicted molar refractivity (Wildman–Crippen MR) is 82.0 cm³/mol. The zero-order chi connectivity index (χ0) is 15.2. The van der Waals surface area contributed by atoms with Gasteiger partial charge in [-0.3, -0.25) is 9.69 Å². The second kappa shape index (κ2) is 7.61. The monoisotopic (exact) mass is 315 g/mol. The largest absolute Gasteiger partial charge is 0.383 e. The molecule has 0 spiro atoms. The van der Waals surface area contributed by atoms with Crippen LogP contribution in [0.5, 0.6) is 0 Å². The van der Waals surface area contributed by atoms with Crippen molar-refractivity contribution < 1.29 is 13.6 Å². The number of amides is 1. The third kappa shape index (κ3) is 4.31. The first-order chi connectivity index (χ1) is 10.1.